The van der Waals surface area contributed by atoms with Crippen molar-refractivity contribution in [2.75, 3.05) is 7.05 Å². The summed E-state index contributed by atoms with van der Waals surface area (Å²) in [6.07, 6.45) is 1.55. The van der Waals surface area contributed by atoms with Gasteiger partial charge < -0.3 is 5.32 Å². The number of rotatable bonds is 2. The van der Waals surface area contributed by atoms with Crippen molar-refractivity contribution in [1.29, 1.82) is 0 Å². The number of hydrogen-bond donors (Lipinski definition) is 1. The Kier molecular flexibility index (Phi) is 3.81. The van der Waals surface area contributed by atoms with Crippen LogP contribution in [0.1, 0.15) is 16.1 Å². The van der Waals surface area contributed by atoms with Crippen LogP contribution in [0.2, 0.25) is 5.02 Å². The first-order chi connectivity index (χ1) is 9.04. The molecule has 1 N–H and O–H groups in total. The van der Waals surface area contributed by atoms with Crippen LogP contribution in [-0.4, -0.2) is 17.9 Å². The monoisotopic (exact) mass is 278 g/mol. The van der Waals surface area contributed by atoms with Gasteiger partial charge in [-0.1, -0.05) is 11.6 Å². The van der Waals surface area contributed by atoms with E-state index in [2.05, 4.69) is 10.3 Å². The van der Waals surface area contributed by atoms with Gasteiger partial charge in [-0.05, 0) is 31.2 Å². The van der Waals surface area contributed by atoms with Crippen LogP contribution in [0, 0.1) is 12.7 Å². The highest BCUT2D eigenvalue weighted by atomic mass is 35.5. The van der Waals surface area contributed by atoms with Gasteiger partial charge in [0.1, 0.15) is 5.82 Å². The number of pyridine rings is 1. The Morgan fingerprint density at radius 1 is 1.32 bits per heavy atom. The van der Waals surface area contributed by atoms with Crippen molar-refractivity contribution in [1.82, 2.24) is 10.3 Å². The van der Waals surface area contributed by atoms with Crippen molar-refractivity contribution in [3.63, 3.8) is 0 Å². The maximum atomic E-state index is 14.0. The Morgan fingerprint density at radius 3 is 2.68 bits per heavy atom. The predicted molar refractivity (Wildman–Crippen MR) is 72.8 cm³/mol. The molecule has 0 atom stereocenters. The fraction of sp³-hybridized carbons (Fsp3) is 0.143. The van der Waals surface area contributed by atoms with E-state index >= 15 is 0 Å². The topological polar surface area (TPSA) is 42.0 Å². The number of aromatic nitrogens is 1. The molecule has 0 bridgehead atoms. The highest BCUT2D eigenvalue weighted by molar-refractivity contribution is 6.30. The number of amides is 1. The van der Waals surface area contributed by atoms with Crippen LogP contribution in [-0.2, 0) is 0 Å². The Labute approximate surface area is 115 Å². The summed E-state index contributed by atoms with van der Waals surface area (Å²) in [5.74, 6) is -0.766. The number of hydrogen-bond acceptors (Lipinski definition) is 2. The van der Waals surface area contributed by atoms with Gasteiger partial charge in [0, 0.05) is 29.4 Å². The van der Waals surface area contributed by atoms with Gasteiger partial charge in [-0.15, -0.1) is 0 Å². The molecular formula is C14H12ClFN2O. The van der Waals surface area contributed by atoms with Gasteiger partial charge in [0.05, 0.1) is 11.3 Å². The minimum Gasteiger partial charge on any atom is -0.355 e. The molecule has 3 nitrogen and oxygen atoms in total. The molecule has 0 fully saturated rings. The summed E-state index contributed by atoms with van der Waals surface area (Å²) in [6, 6.07) is 5.98. The SMILES string of the molecule is CNC(=O)c1c(-c2ccc(Cl)cc2F)ccnc1C. The Hall–Kier alpha value is -1.94. The number of nitrogens with zero attached hydrogens (tertiary/aromatic N) is 1. The average Bonchev–Trinajstić information content (AvgIpc) is 2.37. The summed E-state index contributed by atoms with van der Waals surface area (Å²) in [5.41, 5.74) is 1.74. The molecule has 19 heavy (non-hydrogen) atoms. The lowest BCUT2D eigenvalue weighted by atomic mass is 9.98. The van der Waals surface area contributed by atoms with Crippen LogP contribution in [0.3, 0.4) is 0 Å². The van der Waals surface area contributed by atoms with Crippen molar-refractivity contribution < 1.29 is 9.18 Å². The van der Waals surface area contributed by atoms with Gasteiger partial charge in [0.15, 0.2) is 0 Å². The average molecular weight is 279 g/mol. The standard InChI is InChI=1S/C14H12ClFN2O/c1-8-13(14(19)17-2)11(5-6-18-8)10-4-3-9(15)7-12(10)16/h3-7H,1-2H3,(H,17,19). The third kappa shape index (κ3) is 2.58. The molecule has 5 heteroatoms. The normalized spacial score (nSPS) is 10.3. The van der Waals surface area contributed by atoms with Crippen molar-refractivity contribution >= 4 is 17.5 Å². The first kappa shape index (κ1) is 13.5. The van der Waals surface area contributed by atoms with Crippen LogP contribution >= 0.6 is 11.6 Å². The van der Waals surface area contributed by atoms with Crippen LogP contribution in [0.5, 0.6) is 0 Å². The minimum atomic E-state index is -0.469. The lowest BCUT2D eigenvalue weighted by Crippen LogP contribution is -2.20. The summed E-state index contributed by atoms with van der Waals surface area (Å²) in [6.45, 7) is 1.71. The summed E-state index contributed by atoms with van der Waals surface area (Å²) in [4.78, 5) is 16.0. The minimum absolute atomic E-state index is 0.296. The van der Waals surface area contributed by atoms with E-state index < -0.39 is 5.82 Å². The van der Waals surface area contributed by atoms with Crippen LogP contribution in [0.25, 0.3) is 11.1 Å². The van der Waals surface area contributed by atoms with E-state index in [-0.39, 0.29) is 5.91 Å². The van der Waals surface area contributed by atoms with Crippen LogP contribution in [0.4, 0.5) is 4.39 Å². The Balaban J connectivity index is 2.68. The molecule has 0 radical (unpaired) electrons. The van der Waals surface area contributed by atoms with Crippen LogP contribution < -0.4 is 5.32 Å². The second kappa shape index (κ2) is 5.36. The molecule has 0 aliphatic carbocycles. The Morgan fingerprint density at radius 2 is 2.05 bits per heavy atom. The zero-order valence-electron chi connectivity index (χ0n) is 10.5. The quantitative estimate of drug-likeness (QED) is 0.916. The van der Waals surface area contributed by atoms with E-state index in [9.17, 15) is 9.18 Å². The van der Waals surface area contributed by atoms with Crippen molar-refractivity contribution in [3.8, 4) is 11.1 Å². The van der Waals surface area contributed by atoms with Gasteiger partial charge >= 0.3 is 0 Å². The lowest BCUT2D eigenvalue weighted by molar-refractivity contribution is 0.0962. The molecule has 0 aliphatic rings. The largest absolute Gasteiger partial charge is 0.355 e. The number of benzene rings is 1. The fourth-order valence-corrected chi connectivity index (χ4v) is 2.07. The van der Waals surface area contributed by atoms with Gasteiger partial charge in [-0.3, -0.25) is 9.78 Å². The lowest BCUT2D eigenvalue weighted by Gasteiger charge is -2.11. The fourth-order valence-electron chi connectivity index (χ4n) is 1.91. The van der Waals surface area contributed by atoms with Gasteiger partial charge in [0.2, 0.25) is 0 Å². The summed E-state index contributed by atoms with van der Waals surface area (Å²) in [5, 5.41) is 2.85. The molecule has 2 aromatic rings. The van der Waals surface area contributed by atoms with Crippen molar-refractivity contribution in [2.45, 2.75) is 6.92 Å². The molecular weight excluding hydrogens is 267 g/mol. The smallest absolute Gasteiger partial charge is 0.253 e. The highest BCUT2D eigenvalue weighted by Gasteiger charge is 2.17. The van der Waals surface area contributed by atoms with Gasteiger partial charge in [0.25, 0.3) is 5.91 Å². The molecule has 0 aliphatic heterocycles. The molecule has 1 aromatic carbocycles. The predicted octanol–water partition coefficient (Wildman–Crippen LogP) is 3.21. The summed E-state index contributed by atoms with van der Waals surface area (Å²) >= 11 is 5.73. The Bertz CT molecular complexity index is 643. The summed E-state index contributed by atoms with van der Waals surface area (Å²) < 4.78 is 14.0. The second-order valence-corrected chi connectivity index (χ2v) is 4.46. The second-order valence-electron chi connectivity index (χ2n) is 4.02. The molecule has 0 saturated heterocycles. The third-order valence-corrected chi connectivity index (χ3v) is 3.05. The number of aryl methyl sites for hydroxylation is 1. The third-order valence-electron chi connectivity index (χ3n) is 2.82. The number of carbonyl (C=O) groups excluding carboxylic acids is 1. The summed E-state index contributed by atoms with van der Waals surface area (Å²) in [7, 11) is 1.52. The molecule has 1 heterocycles. The first-order valence-corrected chi connectivity index (χ1v) is 6.05. The molecule has 1 aromatic heterocycles. The number of nitrogens with one attached hydrogen (secondary N) is 1. The number of carbonyl (C=O) groups is 1. The zero-order chi connectivity index (χ0) is 14.0. The highest BCUT2D eigenvalue weighted by Crippen LogP contribution is 2.29. The zero-order valence-corrected chi connectivity index (χ0v) is 11.3. The molecule has 0 unspecified atom stereocenters. The van der Waals surface area contributed by atoms with E-state index in [1.165, 1.54) is 13.1 Å². The van der Waals surface area contributed by atoms with E-state index in [0.29, 0.717) is 27.4 Å². The molecule has 1 amide bonds. The molecule has 0 spiro atoms. The molecule has 98 valence electrons. The maximum absolute atomic E-state index is 14.0. The van der Waals surface area contributed by atoms with E-state index in [0.717, 1.165) is 0 Å². The van der Waals surface area contributed by atoms with E-state index in [1.807, 2.05) is 0 Å². The van der Waals surface area contributed by atoms with Crippen molar-refractivity contribution in [3.05, 3.63) is 52.6 Å². The molecule has 2 rings (SSSR count). The first-order valence-electron chi connectivity index (χ1n) is 5.67. The van der Waals surface area contributed by atoms with E-state index in [4.69, 9.17) is 11.6 Å². The van der Waals surface area contributed by atoms with E-state index in [1.54, 1.807) is 31.3 Å². The van der Waals surface area contributed by atoms with Gasteiger partial charge in [-0.2, -0.15) is 0 Å². The molecule has 0 saturated carbocycles. The maximum Gasteiger partial charge on any atom is 0.253 e. The van der Waals surface area contributed by atoms with Crippen LogP contribution in [0.15, 0.2) is 30.5 Å². The van der Waals surface area contributed by atoms with Crippen molar-refractivity contribution in [2.24, 2.45) is 0 Å². The van der Waals surface area contributed by atoms with Gasteiger partial charge in [-0.25, -0.2) is 4.39 Å². The number of halogens is 2.